The number of carbonyl (C=O) groups excluding carboxylic acids is 1. The molecule has 0 unspecified atom stereocenters. The van der Waals surface area contributed by atoms with Crippen molar-refractivity contribution in [3.05, 3.63) is 53.8 Å². The van der Waals surface area contributed by atoms with Gasteiger partial charge in [0.2, 0.25) is 0 Å². The molecule has 1 amide bonds. The quantitative estimate of drug-likeness (QED) is 0.515. The van der Waals surface area contributed by atoms with Crippen molar-refractivity contribution < 1.29 is 4.79 Å². The zero-order valence-corrected chi connectivity index (χ0v) is 14.4. The first-order valence-corrected chi connectivity index (χ1v) is 8.84. The molecule has 25 heavy (non-hydrogen) atoms. The van der Waals surface area contributed by atoms with Gasteiger partial charge in [-0.15, -0.1) is 11.3 Å². The number of benzene rings is 1. The number of aromatic nitrogens is 3. The maximum Gasteiger partial charge on any atom is 0.261 e. The van der Waals surface area contributed by atoms with E-state index < -0.39 is 0 Å². The molecule has 0 spiro atoms. The number of nitrogens with zero attached hydrogens (tertiary/aromatic N) is 2. The van der Waals surface area contributed by atoms with E-state index in [9.17, 15) is 4.79 Å². The summed E-state index contributed by atoms with van der Waals surface area (Å²) in [5, 5.41) is 8.33. The Kier molecular flexibility index (Phi) is 4.07. The third kappa shape index (κ3) is 3.18. The van der Waals surface area contributed by atoms with Gasteiger partial charge in [0.25, 0.3) is 5.91 Å². The van der Waals surface area contributed by atoms with Crippen molar-refractivity contribution in [3.63, 3.8) is 0 Å². The van der Waals surface area contributed by atoms with E-state index in [2.05, 4.69) is 25.6 Å². The molecule has 1 atom stereocenters. The van der Waals surface area contributed by atoms with Gasteiger partial charge < -0.3 is 15.6 Å². The molecule has 126 valence electrons. The molecule has 4 rings (SSSR count). The fraction of sp³-hybridized carbons (Fsp3) is 0.167. The average Bonchev–Trinajstić information content (AvgIpc) is 3.26. The Hall–Kier alpha value is -2.93. The Morgan fingerprint density at radius 3 is 3.04 bits per heavy atom. The fourth-order valence-corrected chi connectivity index (χ4v) is 3.67. The van der Waals surface area contributed by atoms with Gasteiger partial charge in [-0.2, -0.15) is 0 Å². The molecule has 0 bridgehead atoms. The van der Waals surface area contributed by atoms with Gasteiger partial charge in [-0.05, 0) is 30.5 Å². The van der Waals surface area contributed by atoms with E-state index in [0.717, 1.165) is 31.8 Å². The molecule has 0 saturated heterocycles. The second-order valence-corrected chi connectivity index (χ2v) is 6.95. The van der Waals surface area contributed by atoms with Crippen molar-refractivity contribution in [2.45, 2.75) is 13.0 Å². The minimum atomic E-state index is -0.0509. The summed E-state index contributed by atoms with van der Waals surface area (Å²) in [6.45, 7) is 2.54. The Bertz CT molecular complexity index is 1000. The molecule has 0 aliphatic carbocycles. The zero-order chi connectivity index (χ0) is 17.2. The highest BCUT2D eigenvalue weighted by Gasteiger charge is 2.13. The maximum absolute atomic E-state index is 12.4. The summed E-state index contributed by atoms with van der Waals surface area (Å²) >= 11 is 1.51. The molecule has 0 saturated carbocycles. The standard InChI is InChI=1S/C18H17N5OS/c1-11(9-20-17-13-6-7-19-16(13)21-10-22-17)23-18(24)15-8-12-4-2-3-5-14(12)25-15/h2-8,10-11H,9H2,1H3,(H,23,24)(H2,19,20,21,22)/t11-/m0/s1. The van der Waals surface area contributed by atoms with Crippen LogP contribution in [0.2, 0.25) is 0 Å². The highest BCUT2D eigenvalue weighted by molar-refractivity contribution is 7.20. The van der Waals surface area contributed by atoms with E-state index >= 15 is 0 Å². The van der Waals surface area contributed by atoms with Gasteiger partial charge in [-0.1, -0.05) is 18.2 Å². The van der Waals surface area contributed by atoms with Gasteiger partial charge in [0.15, 0.2) is 0 Å². The molecule has 3 heterocycles. The molecule has 1 aromatic carbocycles. The number of carbonyl (C=O) groups is 1. The summed E-state index contributed by atoms with van der Waals surface area (Å²) in [4.78, 5) is 24.7. The smallest absolute Gasteiger partial charge is 0.261 e. The van der Waals surface area contributed by atoms with E-state index in [1.54, 1.807) is 0 Å². The minimum absolute atomic E-state index is 0.0401. The lowest BCUT2D eigenvalue weighted by atomic mass is 10.2. The Morgan fingerprint density at radius 1 is 1.28 bits per heavy atom. The molecule has 3 N–H and O–H groups in total. The SMILES string of the molecule is C[C@@H](CNc1ncnc2[nH]ccc12)NC(=O)c1cc2ccccc2s1. The molecule has 0 aliphatic rings. The van der Waals surface area contributed by atoms with Crippen molar-refractivity contribution in [2.24, 2.45) is 0 Å². The van der Waals surface area contributed by atoms with Gasteiger partial charge in [-0.25, -0.2) is 9.97 Å². The van der Waals surface area contributed by atoms with Crippen molar-refractivity contribution in [1.82, 2.24) is 20.3 Å². The monoisotopic (exact) mass is 351 g/mol. The summed E-state index contributed by atoms with van der Waals surface area (Å²) in [5.74, 6) is 0.708. The average molecular weight is 351 g/mol. The van der Waals surface area contributed by atoms with Gasteiger partial charge >= 0.3 is 0 Å². The largest absolute Gasteiger partial charge is 0.367 e. The first-order chi connectivity index (χ1) is 12.2. The highest BCUT2D eigenvalue weighted by atomic mass is 32.1. The second kappa shape index (κ2) is 6.52. The third-order valence-corrected chi connectivity index (χ3v) is 5.07. The molecule has 0 radical (unpaired) electrons. The van der Waals surface area contributed by atoms with E-state index in [-0.39, 0.29) is 11.9 Å². The van der Waals surface area contributed by atoms with Crippen LogP contribution >= 0.6 is 11.3 Å². The number of aromatic amines is 1. The number of hydrogen-bond donors (Lipinski definition) is 3. The van der Waals surface area contributed by atoms with Crippen LogP contribution in [0, 0.1) is 0 Å². The lowest BCUT2D eigenvalue weighted by molar-refractivity contribution is 0.0946. The Labute approximate surface area is 148 Å². The number of hydrogen-bond acceptors (Lipinski definition) is 5. The Balaban J connectivity index is 1.40. The molecule has 3 aromatic heterocycles. The third-order valence-electron chi connectivity index (χ3n) is 3.96. The predicted molar refractivity (Wildman–Crippen MR) is 101 cm³/mol. The first kappa shape index (κ1) is 15.6. The lowest BCUT2D eigenvalue weighted by Gasteiger charge is -2.14. The second-order valence-electron chi connectivity index (χ2n) is 5.87. The van der Waals surface area contributed by atoms with Gasteiger partial charge in [0.1, 0.15) is 17.8 Å². The molecular formula is C18H17N5OS. The molecule has 0 aliphatic heterocycles. The first-order valence-electron chi connectivity index (χ1n) is 8.02. The maximum atomic E-state index is 12.4. The van der Waals surface area contributed by atoms with Crippen LogP contribution in [0.15, 0.2) is 48.9 Å². The summed E-state index contributed by atoms with van der Waals surface area (Å²) in [7, 11) is 0. The number of anilines is 1. The fourth-order valence-electron chi connectivity index (χ4n) is 2.70. The van der Waals surface area contributed by atoms with E-state index in [0.29, 0.717) is 6.54 Å². The summed E-state index contributed by atoms with van der Waals surface area (Å²) in [6, 6.07) is 11.8. The van der Waals surface area contributed by atoms with Crippen LogP contribution < -0.4 is 10.6 Å². The Morgan fingerprint density at radius 2 is 2.16 bits per heavy atom. The summed E-state index contributed by atoms with van der Waals surface area (Å²) in [6.07, 6.45) is 3.35. The van der Waals surface area contributed by atoms with Crippen molar-refractivity contribution in [2.75, 3.05) is 11.9 Å². The number of fused-ring (bicyclic) bond motifs is 2. The van der Waals surface area contributed by atoms with Crippen LogP contribution in [0.4, 0.5) is 5.82 Å². The minimum Gasteiger partial charge on any atom is -0.367 e. The molecule has 7 heteroatoms. The van der Waals surface area contributed by atoms with Gasteiger partial charge in [-0.3, -0.25) is 4.79 Å². The van der Waals surface area contributed by atoms with Crippen LogP contribution in [0.3, 0.4) is 0 Å². The highest BCUT2D eigenvalue weighted by Crippen LogP contribution is 2.25. The molecular weight excluding hydrogens is 334 g/mol. The van der Waals surface area contributed by atoms with Crippen molar-refractivity contribution in [1.29, 1.82) is 0 Å². The van der Waals surface area contributed by atoms with Gasteiger partial charge in [0, 0.05) is 23.5 Å². The summed E-state index contributed by atoms with van der Waals surface area (Å²) in [5.41, 5.74) is 0.791. The van der Waals surface area contributed by atoms with Crippen LogP contribution in [0.1, 0.15) is 16.6 Å². The zero-order valence-electron chi connectivity index (χ0n) is 13.6. The summed E-state index contributed by atoms with van der Waals surface area (Å²) < 4.78 is 1.12. The van der Waals surface area contributed by atoms with Crippen molar-refractivity contribution in [3.8, 4) is 0 Å². The lowest BCUT2D eigenvalue weighted by Crippen LogP contribution is -2.37. The number of nitrogens with one attached hydrogen (secondary N) is 3. The topological polar surface area (TPSA) is 82.7 Å². The van der Waals surface area contributed by atoms with Gasteiger partial charge in [0.05, 0.1) is 10.3 Å². The number of rotatable bonds is 5. The van der Waals surface area contributed by atoms with Crippen LogP contribution in [0.5, 0.6) is 0 Å². The van der Waals surface area contributed by atoms with E-state index in [1.165, 1.54) is 17.7 Å². The van der Waals surface area contributed by atoms with E-state index in [1.807, 2.05) is 49.5 Å². The molecule has 0 fully saturated rings. The predicted octanol–water partition coefficient (Wildman–Crippen LogP) is 3.40. The number of thiophene rings is 1. The van der Waals surface area contributed by atoms with Crippen molar-refractivity contribution >= 4 is 44.2 Å². The molecule has 4 aromatic rings. The van der Waals surface area contributed by atoms with E-state index in [4.69, 9.17) is 0 Å². The molecule has 6 nitrogen and oxygen atoms in total. The number of amides is 1. The number of H-pyrrole nitrogens is 1. The normalized spacial score (nSPS) is 12.4. The van der Waals surface area contributed by atoms with Crippen LogP contribution in [0.25, 0.3) is 21.1 Å². The van der Waals surface area contributed by atoms with Crippen LogP contribution in [-0.2, 0) is 0 Å². The van der Waals surface area contributed by atoms with Crippen LogP contribution in [-0.4, -0.2) is 33.4 Å².